The Balaban J connectivity index is 1.36. The highest BCUT2D eigenvalue weighted by Crippen LogP contribution is 2.52. The number of benzene rings is 4. The van der Waals surface area contributed by atoms with Gasteiger partial charge < -0.3 is 19.7 Å². The summed E-state index contributed by atoms with van der Waals surface area (Å²) >= 11 is 0. The monoisotopic (exact) mass is 532 g/mol. The quantitative estimate of drug-likeness (QED) is 0.269. The van der Waals surface area contributed by atoms with Crippen LogP contribution < -0.4 is 10.2 Å². The van der Waals surface area contributed by atoms with Crippen molar-refractivity contribution >= 4 is 17.7 Å². The highest BCUT2D eigenvalue weighted by Gasteiger charge is 2.41. The number of nitrogens with zero attached hydrogens (tertiary/aromatic N) is 1. The molecule has 0 fully saturated rings. The summed E-state index contributed by atoms with van der Waals surface area (Å²) in [5.41, 5.74) is 7.39. The summed E-state index contributed by atoms with van der Waals surface area (Å²) in [5.74, 6) is -0.358. The lowest BCUT2D eigenvalue weighted by molar-refractivity contribution is 0.0600. The Morgan fingerprint density at radius 1 is 0.825 bits per heavy atom. The molecule has 1 N–H and O–H groups in total. The van der Waals surface area contributed by atoms with Gasteiger partial charge in [-0.05, 0) is 59.2 Å². The number of para-hydroxylation sites is 1. The van der Waals surface area contributed by atoms with E-state index in [4.69, 9.17) is 9.47 Å². The number of anilines is 1. The molecule has 2 heterocycles. The van der Waals surface area contributed by atoms with Gasteiger partial charge in [-0.2, -0.15) is 0 Å². The summed E-state index contributed by atoms with van der Waals surface area (Å²) in [6.45, 7) is 0.215. The summed E-state index contributed by atoms with van der Waals surface area (Å²) in [5, 5.41) is 3.17. The number of hydrogen-bond donors (Lipinski definition) is 1. The van der Waals surface area contributed by atoms with Crippen LogP contribution in [0.4, 0.5) is 10.5 Å². The first-order valence-corrected chi connectivity index (χ1v) is 13.7. The first kappa shape index (κ1) is 25.7. The van der Waals surface area contributed by atoms with Crippen molar-refractivity contribution < 1.29 is 19.1 Å². The van der Waals surface area contributed by atoms with Crippen LogP contribution in [0.25, 0.3) is 0 Å². The maximum absolute atomic E-state index is 13.0. The van der Waals surface area contributed by atoms with E-state index in [0.717, 1.165) is 29.5 Å². The predicted octanol–water partition coefficient (Wildman–Crippen LogP) is 7.08. The van der Waals surface area contributed by atoms with Crippen LogP contribution in [0.2, 0.25) is 0 Å². The third-order valence-electron chi connectivity index (χ3n) is 8.01. The van der Waals surface area contributed by atoms with Crippen molar-refractivity contribution in [3.8, 4) is 0 Å². The smallest absolute Gasteiger partial charge is 0.407 e. The molecule has 3 atom stereocenters. The molecule has 2 aliphatic rings. The van der Waals surface area contributed by atoms with Gasteiger partial charge in [0.1, 0.15) is 6.61 Å². The summed E-state index contributed by atoms with van der Waals surface area (Å²) in [6.07, 6.45) is 2.18. The Kier molecular flexibility index (Phi) is 7.23. The average molecular weight is 533 g/mol. The van der Waals surface area contributed by atoms with Crippen molar-refractivity contribution in [3.05, 3.63) is 137 Å². The lowest BCUT2D eigenvalue weighted by Gasteiger charge is -2.50. The number of amides is 1. The van der Waals surface area contributed by atoms with Crippen molar-refractivity contribution in [2.75, 3.05) is 12.0 Å². The summed E-state index contributed by atoms with van der Waals surface area (Å²) in [6, 6.07) is 34.3. The molecule has 0 aliphatic carbocycles. The van der Waals surface area contributed by atoms with Gasteiger partial charge in [0.25, 0.3) is 0 Å². The number of nitrogens with one attached hydrogen (secondary N) is 1. The van der Waals surface area contributed by atoms with Crippen LogP contribution in [-0.2, 0) is 22.5 Å². The fraction of sp³-hybridized carbons (Fsp3) is 0.235. The molecule has 6 heteroatoms. The maximum atomic E-state index is 13.0. The van der Waals surface area contributed by atoms with E-state index in [1.165, 1.54) is 23.9 Å². The van der Waals surface area contributed by atoms with E-state index in [9.17, 15) is 9.59 Å². The minimum absolute atomic E-state index is 0.0229. The number of rotatable bonds is 6. The molecule has 6 nitrogen and oxygen atoms in total. The van der Waals surface area contributed by atoms with Gasteiger partial charge in [0.2, 0.25) is 0 Å². The van der Waals surface area contributed by atoms with Crippen LogP contribution in [-0.4, -0.2) is 19.2 Å². The first-order chi connectivity index (χ1) is 19.6. The Hall–Kier alpha value is -4.58. The number of ether oxygens (including phenoxy) is 2. The lowest BCUT2D eigenvalue weighted by atomic mass is 9.79. The van der Waals surface area contributed by atoms with Gasteiger partial charge >= 0.3 is 12.1 Å². The number of methoxy groups -OCH3 is 1. The van der Waals surface area contributed by atoms with Gasteiger partial charge in [0, 0.05) is 5.69 Å². The van der Waals surface area contributed by atoms with E-state index in [1.807, 2.05) is 60.7 Å². The van der Waals surface area contributed by atoms with Crippen LogP contribution >= 0.6 is 0 Å². The summed E-state index contributed by atoms with van der Waals surface area (Å²) in [7, 11) is 1.39. The zero-order chi connectivity index (χ0) is 27.5. The van der Waals surface area contributed by atoms with E-state index >= 15 is 0 Å². The summed E-state index contributed by atoms with van der Waals surface area (Å²) in [4.78, 5) is 27.7. The van der Waals surface area contributed by atoms with Crippen molar-refractivity contribution in [1.29, 1.82) is 0 Å². The second-order valence-electron chi connectivity index (χ2n) is 10.4. The number of hydrogen-bond acceptors (Lipinski definition) is 5. The largest absolute Gasteiger partial charge is 0.465 e. The number of alkyl carbamates (subject to hydrolysis) is 1. The summed E-state index contributed by atoms with van der Waals surface area (Å²) < 4.78 is 10.5. The van der Waals surface area contributed by atoms with Gasteiger partial charge in [-0.15, -0.1) is 0 Å². The molecule has 0 radical (unpaired) electrons. The van der Waals surface area contributed by atoms with Crippen molar-refractivity contribution in [2.24, 2.45) is 0 Å². The molecule has 0 bridgehead atoms. The number of carbonyl (C=O) groups excluding carboxylic acids is 2. The molecule has 0 saturated heterocycles. The van der Waals surface area contributed by atoms with Crippen LogP contribution in [0.3, 0.4) is 0 Å². The highest BCUT2D eigenvalue weighted by molar-refractivity contribution is 5.89. The molecule has 1 amide bonds. The molecule has 4 aromatic carbocycles. The van der Waals surface area contributed by atoms with Crippen molar-refractivity contribution in [3.63, 3.8) is 0 Å². The Morgan fingerprint density at radius 2 is 1.52 bits per heavy atom. The fourth-order valence-corrected chi connectivity index (χ4v) is 6.14. The molecular formula is C34H32N2O4. The molecule has 6 rings (SSSR count). The molecule has 40 heavy (non-hydrogen) atoms. The predicted molar refractivity (Wildman–Crippen MR) is 154 cm³/mol. The third kappa shape index (κ3) is 5.05. The third-order valence-corrected chi connectivity index (χ3v) is 8.01. The van der Waals surface area contributed by atoms with E-state index in [1.54, 1.807) is 0 Å². The van der Waals surface area contributed by atoms with Crippen LogP contribution in [0.5, 0.6) is 0 Å². The maximum Gasteiger partial charge on any atom is 0.407 e. The first-order valence-electron chi connectivity index (χ1n) is 13.7. The van der Waals surface area contributed by atoms with E-state index < -0.39 is 6.09 Å². The average Bonchev–Trinajstić information content (AvgIpc) is 3.02. The van der Waals surface area contributed by atoms with Crippen molar-refractivity contribution in [2.45, 2.75) is 44.0 Å². The Bertz CT molecular complexity index is 1490. The highest BCUT2D eigenvalue weighted by atomic mass is 16.5. The molecule has 0 unspecified atom stereocenters. The Morgan fingerprint density at radius 3 is 2.25 bits per heavy atom. The van der Waals surface area contributed by atoms with Crippen molar-refractivity contribution in [1.82, 2.24) is 5.32 Å². The molecule has 4 aromatic rings. The van der Waals surface area contributed by atoms with Crippen LogP contribution in [0, 0.1) is 0 Å². The van der Waals surface area contributed by atoms with Gasteiger partial charge in [-0.3, -0.25) is 0 Å². The topological polar surface area (TPSA) is 67.9 Å². The zero-order valence-electron chi connectivity index (χ0n) is 22.5. The zero-order valence-corrected chi connectivity index (χ0v) is 22.5. The van der Waals surface area contributed by atoms with E-state index in [-0.39, 0.29) is 30.7 Å². The second-order valence-corrected chi connectivity index (χ2v) is 10.4. The Labute approximate surface area is 234 Å². The van der Waals surface area contributed by atoms with Gasteiger partial charge in [-0.25, -0.2) is 9.59 Å². The van der Waals surface area contributed by atoms with Gasteiger partial charge in [-0.1, -0.05) is 91.0 Å². The van der Waals surface area contributed by atoms with Gasteiger partial charge in [0.05, 0.1) is 30.8 Å². The van der Waals surface area contributed by atoms with E-state index in [0.29, 0.717) is 12.0 Å². The van der Waals surface area contributed by atoms with Crippen LogP contribution in [0.1, 0.15) is 69.1 Å². The molecule has 202 valence electrons. The lowest BCUT2D eigenvalue weighted by Crippen LogP contribution is -2.44. The fourth-order valence-electron chi connectivity index (χ4n) is 6.14. The molecule has 2 aliphatic heterocycles. The van der Waals surface area contributed by atoms with E-state index in [2.05, 4.69) is 52.7 Å². The molecule has 0 aromatic heterocycles. The minimum atomic E-state index is -0.435. The second kappa shape index (κ2) is 11.3. The van der Waals surface area contributed by atoms with Gasteiger partial charge in [0.15, 0.2) is 0 Å². The number of carbonyl (C=O) groups is 2. The molecular weight excluding hydrogens is 500 g/mol. The minimum Gasteiger partial charge on any atom is -0.465 e. The standard InChI is InChI=1S/C34H32N2O4/c1-39-33(37)27-17-15-25(16-18-27)31-21-29(35-34(38)40-22-23-9-4-2-5-10-23)28-14-8-13-26-19-20-30(36(31)32(26)28)24-11-6-3-7-12-24/h2-18,29-31H,19-22H2,1H3,(H,35,38)/t29-,30-,31-/m0/s1. The normalized spacial score (nSPS) is 19.3. The molecule has 0 spiro atoms. The van der Waals surface area contributed by atoms with Crippen LogP contribution in [0.15, 0.2) is 103 Å². The SMILES string of the molecule is COC(=O)c1ccc([C@@H]2C[C@H](NC(=O)OCc3ccccc3)c3cccc4c3N2[C@H](c2ccccc2)CC4)cc1. The number of esters is 1. The molecule has 0 saturated carbocycles. The number of aryl methyl sites for hydroxylation is 1.